The molecule has 0 saturated carbocycles. The molecule has 0 bridgehead atoms. The summed E-state index contributed by atoms with van der Waals surface area (Å²) in [5, 5.41) is 6.03. The smallest absolute Gasteiger partial charge is 0.238 e. The number of nitrogens with zero attached hydrogens (tertiary/aromatic N) is 2. The molecule has 1 fully saturated rings. The molecule has 0 aromatic heterocycles. The zero-order valence-electron chi connectivity index (χ0n) is 17.8. The van der Waals surface area contributed by atoms with E-state index in [2.05, 4.69) is 39.5 Å². The van der Waals surface area contributed by atoms with E-state index < -0.39 is 0 Å². The van der Waals surface area contributed by atoms with Gasteiger partial charge in [0.2, 0.25) is 11.8 Å². The molecule has 3 rings (SSSR count). The molecule has 0 radical (unpaired) electrons. The van der Waals surface area contributed by atoms with Crippen molar-refractivity contribution in [2.45, 2.75) is 19.8 Å². The maximum absolute atomic E-state index is 12.4. The van der Waals surface area contributed by atoms with Crippen molar-refractivity contribution >= 4 is 17.5 Å². The summed E-state index contributed by atoms with van der Waals surface area (Å²) in [6.07, 6.45) is 1.74. The minimum absolute atomic E-state index is 0.0167. The number of amides is 2. The largest absolute Gasteiger partial charge is 0.355 e. The van der Waals surface area contributed by atoms with Crippen LogP contribution in [0.25, 0.3) is 0 Å². The van der Waals surface area contributed by atoms with Crippen LogP contribution in [0.2, 0.25) is 0 Å². The molecular weight excluding hydrogens is 376 g/mol. The first-order chi connectivity index (χ1) is 14.6. The van der Waals surface area contributed by atoms with Gasteiger partial charge >= 0.3 is 0 Å². The number of nitrogens with one attached hydrogen (secondary N) is 2. The summed E-state index contributed by atoms with van der Waals surface area (Å²) in [6, 6.07) is 18.1. The SMILES string of the molecule is CCc1ccccc1NC(=O)CN1CCN(CC(=O)NCCc2ccccc2)CC1. The molecule has 1 aliphatic heterocycles. The molecule has 2 N–H and O–H groups in total. The number of hydrogen-bond acceptors (Lipinski definition) is 4. The number of aryl methyl sites for hydroxylation is 1. The number of hydrogen-bond donors (Lipinski definition) is 2. The maximum atomic E-state index is 12.4. The van der Waals surface area contributed by atoms with Crippen LogP contribution in [0.4, 0.5) is 5.69 Å². The third-order valence-electron chi connectivity index (χ3n) is 5.45. The van der Waals surface area contributed by atoms with Crippen molar-refractivity contribution in [3.05, 3.63) is 65.7 Å². The number of rotatable bonds is 9. The Hall–Kier alpha value is -2.70. The first-order valence-electron chi connectivity index (χ1n) is 10.8. The second kappa shape index (κ2) is 11.5. The van der Waals surface area contributed by atoms with Gasteiger partial charge in [-0.1, -0.05) is 55.5 Å². The Bertz CT molecular complexity index is 817. The van der Waals surface area contributed by atoms with Gasteiger partial charge in [-0.15, -0.1) is 0 Å². The minimum Gasteiger partial charge on any atom is -0.355 e. The van der Waals surface area contributed by atoms with Gasteiger partial charge in [-0.2, -0.15) is 0 Å². The van der Waals surface area contributed by atoms with Crippen molar-refractivity contribution in [2.24, 2.45) is 0 Å². The van der Waals surface area contributed by atoms with Crippen molar-refractivity contribution in [3.63, 3.8) is 0 Å². The van der Waals surface area contributed by atoms with Crippen molar-refractivity contribution in [2.75, 3.05) is 51.1 Å². The molecule has 1 heterocycles. The van der Waals surface area contributed by atoms with Crippen LogP contribution in [0.5, 0.6) is 0 Å². The molecule has 6 heteroatoms. The van der Waals surface area contributed by atoms with Crippen molar-refractivity contribution in [3.8, 4) is 0 Å². The lowest BCUT2D eigenvalue weighted by Crippen LogP contribution is -2.51. The molecule has 0 aliphatic carbocycles. The van der Waals surface area contributed by atoms with Gasteiger partial charge < -0.3 is 10.6 Å². The van der Waals surface area contributed by atoms with E-state index in [1.807, 2.05) is 42.5 Å². The Morgan fingerprint density at radius 2 is 1.43 bits per heavy atom. The zero-order valence-corrected chi connectivity index (χ0v) is 17.8. The van der Waals surface area contributed by atoms with Crippen LogP contribution in [0.3, 0.4) is 0 Å². The van der Waals surface area contributed by atoms with Gasteiger partial charge in [0, 0.05) is 38.4 Å². The van der Waals surface area contributed by atoms with Gasteiger partial charge in [0.05, 0.1) is 13.1 Å². The van der Waals surface area contributed by atoms with Crippen LogP contribution in [-0.2, 0) is 22.4 Å². The first-order valence-corrected chi connectivity index (χ1v) is 10.8. The molecule has 1 aliphatic rings. The molecular formula is C24H32N4O2. The summed E-state index contributed by atoms with van der Waals surface area (Å²) in [6.45, 7) is 6.72. The Labute approximate surface area is 179 Å². The summed E-state index contributed by atoms with van der Waals surface area (Å²) in [7, 11) is 0. The van der Waals surface area contributed by atoms with Crippen LogP contribution in [0.15, 0.2) is 54.6 Å². The minimum atomic E-state index is 0.0167. The fraction of sp³-hybridized carbons (Fsp3) is 0.417. The van der Waals surface area contributed by atoms with Crippen LogP contribution in [0, 0.1) is 0 Å². The van der Waals surface area contributed by atoms with E-state index in [1.54, 1.807) is 0 Å². The van der Waals surface area contributed by atoms with Gasteiger partial charge in [0.1, 0.15) is 0 Å². The lowest BCUT2D eigenvalue weighted by molar-refractivity contribution is -0.123. The number of piperazine rings is 1. The maximum Gasteiger partial charge on any atom is 0.238 e. The predicted molar refractivity (Wildman–Crippen MR) is 120 cm³/mol. The second-order valence-corrected chi connectivity index (χ2v) is 7.70. The summed E-state index contributed by atoms with van der Waals surface area (Å²) >= 11 is 0. The van der Waals surface area contributed by atoms with Gasteiger partial charge in [-0.25, -0.2) is 0 Å². The molecule has 6 nitrogen and oxygen atoms in total. The van der Waals surface area contributed by atoms with Gasteiger partial charge in [0.15, 0.2) is 0 Å². The van der Waals surface area contributed by atoms with E-state index >= 15 is 0 Å². The number of para-hydroxylation sites is 1. The summed E-state index contributed by atoms with van der Waals surface area (Å²) in [5.41, 5.74) is 3.27. The van der Waals surface area contributed by atoms with Crippen molar-refractivity contribution < 1.29 is 9.59 Å². The molecule has 2 aromatic rings. The monoisotopic (exact) mass is 408 g/mol. The molecule has 160 valence electrons. The van der Waals surface area contributed by atoms with E-state index in [0.29, 0.717) is 19.6 Å². The molecule has 1 saturated heterocycles. The molecule has 0 spiro atoms. The quantitative estimate of drug-likeness (QED) is 0.668. The molecule has 30 heavy (non-hydrogen) atoms. The average Bonchev–Trinajstić information content (AvgIpc) is 2.76. The van der Waals surface area contributed by atoms with E-state index in [-0.39, 0.29) is 11.8 Å². The number of anilines is 1. The van der Waals surface area contributed by atoms with Gasteiger partial charge in [0.25, 0.3) is 0 Å². The Morgan fingerprint density at radius 1 is 0.833 bits per heavy atom. The van der Waals surface area contributed by atoms with E-state index in [4.69, 9.17) is 0 Å². The Morgan fingerprint density at radius 3 is 2.10 bits per heavy atom. The number of carbonyl (C=O) groups excluding carboxylic acids is 2. The second-order valence-electron chi connectivity index (χ2n) is 7.70. The predicted octanol–water partition coefficient (Wildman–Crippen LogP) is 2.16. The Balaban J connectivity index is 1.33. The highest BCUT2D eigenvalue weighted by molar-refractivity contribution is 5.93. The third-order valence-corrected chi connectivity index (χ3v) is 5.45. The highest BCUT2D eigenvalue weighted by Gasteiger charge is 2.20. The van der Waals surface area contributed by atoms with Crippen LogP contribution >= 0.6 is 0 Å². The normalized spacial score (nSPS) is 15.0. The molecule has 0 unspecified atom stereocenters. The topological polar surface area (TPSA) is 64.7 Å². The Kier molecular flexibility index (Phi) is 8.41. The third kappa shape index (κ3) is 6.97. The van der Waals surface area contributed by atoms with Crippen molar-refractivity contribution in [1.29, 1.82) is 0 Å². The summed E-state index contributed by atoms with van der Waals surface area (Å²) in [4.78, 5) is 28.9. The number of benzene rings is 2. The molecule has 2 aromatic carbocycles. The lowest BCUT2D eigenvalue weighted by Gasteiger charge is -2.33. The molecule has 2 amide bonds. The zero-order chi connectivity index (χ0) is 21.2. The van der Waals surface area contributed by atoms with Gasteiger partial charge in [-0.05, 0) is 30.0 Å². The highest BCUT2D eigenvalue weighted by Crippen LogP contribution is 2.15. The lowest BCUT2D eigenvalue weighted by atomic mass is 10.1. The fourth-order valence-electron chi connectivity index (χ4n) is 3.70. The van der Waals surface area contributed by atoms with E-state index in [9.17, 15) is 9.59 Å². The van der Waals surface area contributed by atoms with Crippen LogP contribution in [0.1, 0.15) is 18.1 Å². The average molecular weight is 409 g/mol. The van der Waals surface area contributed by atoms with Crippen LogP contribution in [-0.4, -0.2) is 67.4 Å². The summed E-state index contributed by atoms with van der Waals surface area (Å²) < 4.78 is 0. The van der Waals surface area contributed by atoms with E-state index in [1.165, 1.54) is 5.56 Å². The number of carbonyl (C=O) groups is 2. The van der Waals surface area contributed by atoms with Crippen LogP contribution < -0.4 is 10.6 Å². The fourth-order valence-corrected chi connectivity index (χ4v) is 3.70. The first kappa shape index (κ1) is 22.0. The standard InChI is InChI=1S/C24H32N4O2/c1-2-21-10-6-7-11-22(21)26-24(30)19-28-16-14-27(15-17-28)18-23(29)25-13-12-20-8-4-3-5-9-20/h3-11H,2,12-19H2,1H3,(H,25,29)(H,26,30). The van der Waals surface area contributed by atoms with E-state index in [0.717, 1.165) is 50.3 Å². The summed E-state index contributed by atoms with van der Waals surface area (Å²) in [5.74, 6) is 0.0799. The van der Waals surface area contributed by atoms with Gasteiger partial charge in [-0.3, -0.25) is 19.4 Å². The highest BCUT2D eigenvalue weighted by atomic mass is 16.2. The molecule has 0 atom stereocenters. The van der Waals surface area contributed by atoms with Crippen molar-refractivity contribution in [1.82, 2.24) is 15.1 Å².